The number of benzene rings is 2. The third-order valence-electron chi connectivity index (χ3n) is 9.34. The molecule has 0 aliphatic carbocycles. The summed E-state index contributed by atoms with van der Waals surface area (Å²) in [4.78, 5) is 50.0. The smallest absolute Gasteiger partial charge is 0.363 e. The largest absolute Gasteiger partial charge is 0.496 e. The molecule has 2 bridgehead atoms. The van der Waals surface area contributed by atoms with Gasteiger partial charge in [-0.2, -0.15) is 0 Å². The van der Waals surface area contributed by atoms with E-state index in [-0.39, 0.29) is 19.1 Å². The number of amides is 2. The molecular weight excluding hydrogens is 550 g/mol. The van der Waals surface area contributed by atoms with Crippen molar-refractivity contribution < 1.29 is 34.9 Å². The number of hydrogen-bond donors (Lipinski definition) is 1. The van der Waals surface area contributed by atoms with Crippen LogP contribution in [0.25, 0.3) is 10.9 Å². The molecule has 2 amide bonds. The van der Waals surface area contributed by atoms with E-state index in [1.807, 2.05) is 25.3 Å². The zero-order chi connectivity index (χ0) is 29.8. The van der Waals surface area contributed by atoms with E-state index in [1.54, 1.807) is 31.4 Å². The molecule has 4 aliphatic heterocycles. The molecule has 3 saturated heterocycles. The van der Waals surface area contributed by atoms with Crippen molar-refractivity contribution >= 4 is 28.7 Å². The van der Waals surface area contributed by atoms with E-state index >= 15 is 0 Å². The molecule has 1 aromatic heterocycles. The topological polar surface area (TPSA) is 110 Å². The van der Waals surface area contributed by atoms with Gasteiger partial charge in [-0.25, -0.2) is 4.79 Å². The Morgan fingerprint density at radius 3 is 2.49 bits per heavy atom. The van der Waals surface area contributed by atoms with Crippen LogP contribution in [0.5, 0.6) is 5.75 Å². The lowest BCUT2D eigenvalue weighted by molar-refractivity contribution is -0.177. The van der Waals surface area contributed by atoms with Gasteiger partial charge in [-0.05, 0) is 62.1 Å². The number of methoxy groups -OCH3 is 1. The average molecular weight is 588 g/mol. The summed E-state index contributed by atoms with van der Waals surface area (Å²) in [5.41, 5.74) is 4.67. The first-order chi connectivity index (χ1) is 20.9. The number of ether oxygens (including phenoxy) is 3. The predicted octanol–water partition coefficient (Wildman–Crippen LogP) is 4.48. The van der Waals surface area contributed by atoms with E-state index in [0.717, 1.165) is 52.7 Å². The number of nitrogens with one attached hydrogen (secondary N) is 1. The number of imide groups is 1. The summed E-state index contributed by atoms with van der Waals surface area (Å²) in [6.45, 7) is 6.26. The molecule has 5 heterocycles. The first-order valence-electron chi connectivity index (χ1n) is 14.9. The number of likely N-dealkylation sites (tertiary alicyclic amines) is 1. The predicted molar refractivity (Wildman–Crippen MR) is 158 cm³/mol. The highest BCUT2D eigenvalue weighted by molar-refractivity contribution is 6.07. The molecular formula is C33H37N3O7. The normalized spacial score (nSPS) is 28.2. The molecule has 5 unspecified atom stereocenters. The van der Waals surface area contributed by atoms with Gasteiger partial charge in [0.1, 0.15) is 5.75 Å². The van der Waals surface area contributed by atoms with Crippen LogP contribution >= 0.6 is 0 Å². The molecule has 10 heteroatoms. The molecule has 0 spiro atoms. The second kappa shape index (κ2) is 10.9. The summed E-state index contributed by atoms with van der Waals surface area (Å²) in [6.07, 6.45) is 6.51. The fraction of sp³-hybridized carbons (Fsp3) is 0.424. The summed E-state index contributed by atoms with van der Waals surface area (Å²) in [5, 5.41) is 1.78. The first-order valence-corrected chi connectivity index (χ1v) is 14.9. The van der Waals surface area contributed by atoms with Crippen LogP contribution < -0.4 is 4.74 Å². The van der Waals surface area contributed by atoms with Gasteiger partial charge >= 0.3 is 5.97 Å². The van der Waals surface area contributed by atoms with Crippen LogP contribution in [0.4, 0.5) is 0 Å². The zero-order valence-electron chi connectivity index (χ0n) is 24.4. The fourth-order valence-corrected chi connectivity index (χ4v) is 7.23. The molecule has 0 radical (unpaired) electrons. The molecule has 4 aliphatic rings. The summed E-state index contributed by atoms with van der Waals surface area (Å²) >= 11 is 0. The Balaban J connectivity index is 0.00000343. The minimum absolute atomic E-state index is 0. The third kappa shape index (κ3) is 4.64. The number of fused-ring (bicyclic) bond motifs is 6. The lowest BCUT2D eigenvalue weighted by Gasteiger charge is -2.40. The minimum atomic E-state index is -0.749. The van der Waals surface area contributed by atoms with Crippen molar-refractivity contribution in [1.82, 2.24) is 14.9 Å². The van der Waals surface area contributed by atoms with Crippen LogP contribution in [0, 0.1) is 18.8 Å². The maximum Gasteiger partial charge on any atom is 0.363 e. The van der Waals surface area contributed by atoms with Crippen molar-refractivity contribution in [3.05, 3.63) is 77.0 Å². The quantitative estimate of drug-likeness (QED) is 0.304. The van der Waals surface area contributed by atoms with E-state index in [4.69, 9.17) is 19.0 Å². The minimum Gasteiger partial charge on any atom is -0.496 e. The Labute approximate surface area is 250 Å². The van der Waals surface area contributed by atoms with Gasteiger partial charge in [0, 0.05) is 49.8 Å². The molecule has 226 valence electrons. The number of rotatable bonds is 8. The Morgan fingerprint density at radius 1 is 1.09 bits per heavy atom. The lowest BCUT2D eigenvalue weighted by atomic mass is 9.85. The highest BCUT2D eigenvalue weighted by atomic mass is 16.7. The van der Waals surface area contributed by atoms with Crippen LogP contribution in [0.1, 0.15) is 54.3 Å². The maximum atomic E-state index is 13.1. The summed E-state index contributed by atoms with van der Waals surface area (Å²) < 4.78 is 17.5. The van der Waals surface area contributed by atoms with Crippen LogP contribution in [-0.2, 0) is 30.4 Å². The molecule has 3 aromatic rings. The van der Waals surface area contributed by atoms with Crippen molar-refractivity contribution in [2.75, 3.05) is 20.3 Å². The van der Waals surface area contributed by atoms with E-state index in [1.165, 1.54) is 0 Å². The lowest BCUT2D eigenvalue weighted by Crippen LogP contribution is -2.39. The summed E-state index contributed by atoms with van der Waals surface area (Å²) in [5.74, 6) is -2.21. The summed E-state index contributed by atoms with van der Waals surface area (Å²) in [6, 6.07) is 11.4. The molecule has 6 atom stereocenters. The zero-order valence-corrected chi connectivity index (χ0v) is 24.4. The van der Waals surface area contributed by atoms with Crippen molar-refractivity contribution in [2.24, 2.45) is 11.8 Å². The van der Waals surface area contributed by atoms with E-state index in [0.29, 0.717) is 18.2 Å². The average Bonchev–Trinajstić information content (AvgIpc) is 3.81. The Kier molecular flexibility index (Phi) is 7.07. The fourth-order valence-electron chi connectivity index (χ4n) is 7.23. The second-order valence-corrected chi connectivity index (χ2v) is 11.7. The molecule has 43 heavy (non-hydrogen) atoms. The summed E-state index contributed by atoms with van der Waals surface area (Å²) in [7, 11) is 1.71. The van der Waals surface area contributed by atoms with E-state index in [9.17, 15) is 14.4 Å². The monoisotopic (exact) mass is 587 g/mol. The van der Waals surface area contributed by atoms with E-state index in [2.05, 4.69) is 28.9 Å². The second-order valence-electron chi connectivity index (χ2n) is 11.7. The number of aromatic amines is 1. The van der Waals surface area contributed by atoms with Crippen molar-refractivity contribution in [3.8, 4) is 5.75 Å². The van der Waals surface area contributed by atoms with Gasteiger partial charge in [0.2, 0.25) is 0 Å². The van der Waals surface area contributed by atoms with Gasteiger partial charge in [0.15, 0.2) is 0 Å². The molecule has 1 N–H and O–H groups in total. The van der Waals surface area contributed by atoms with Crippen molar-refractivity contribution in [3.63, 3.8) is 0 Å². The number of carbonyl (C=O) groups is 3. The maximum absolute atomic E-state index is 13.1. The Morgan fingerprint density at radius 2 is 1.81 bits per heavy atom. The molecule has 3 fully saturated rings. The standard InChI is InChI=1S/C33H35N3O7.H2/c1-4-41-21-12-14-35(17-23-22-11-13-34-30(22)18(2)15-27(23)40-3)24(16-21)19-5-7-20(8-6-19)33(39)43-36-31(37)28-25-9-10-26(42-25)29(28)32(36)38;/h5-11,13,15,21,24-26,28-29,34H,4,12,14,16-17H2,1-3H3;1H/t21-,24?,25?,26?,28?,29?;/m0./s1. The number of nitrogens with zero attached hydrogens (tertiary/aromatic N) is 2. The van der Waals surface area contributed by atoms with Crippen LogP contribution in [0.15, 0.2) is 54.7 Å². The Hall–Kier alpha value is -3.99. The molecule has 10 nitrogen and oxygen atoms in total. The number of H-pyrrole nitrogens is 1. The van der Waals surface area contributed by atoms with Gasteiger partial charge in [0.05, 0.1) is 42.8 Å². The van der Waals surface area contributed by atoms with Crippen LogP contribution in [-0.4, -0.2) is 71.3 Å². The van der Waals surface area contributed by atoms with Crippen LogP contribution in [0.2, 0.25) is 0 Å². The highest BCUT2D eigenvalue weighted by Crippen LogP contribution is 2.45. The van der Waals surface area contributed by atoms with Crippen molar-refractivity contribution in [2.45, 2.75) is 57.6 Å². The molecule has 7 rings (SSSR count). The first kappa shape index (κ1) is 27.8. The number of carbonyl (C=O) groups excluding carboxylic acids is 3. The van der Waals surface area contributed by atoms with Gasteiger partial charge in [-0.3, -0.25) is 14.5 Å². The van der Waals surface area contributed by atoms with Gasteiger partial charge in [-0.1, -0.05) is 24.3 Å². The molecule has 2 aromatic carbocycles. The van der Waals surface area contributed by atoms with Crippen molar-refractivity contribution in [1.29, 1.82) is 0 Å². The third-order valence-corrected chi connectivity index (χ3v) is 9.34. The number of hydroxylamine groups is 2. The number of aryl methyl sites for hydroxylation is 1. The molecule has 0 saturated carbocycles. The van der Waals surface area contributed by atoms with Crippen LogP contribution in [0.3, 0.4) is 0 Å². The SMILES string of the molecule is CCO[C@H]1CCN(Cc2c(OC)cc(C)c3[nH]ccc23)C(c2ccc(C(=O)ON3C(=O)C4C5C=CC(O5)C4C3=O)cc2)C1.[HH]. The van der Waals surface area contributed by atoms with Gasteiger partial charge < -0.3 is 24.0 Å². The van der Waals surface area contributed by atoms with E-state index < -0.39 is 41.8 Å². The number of aromatic nitrogens is 1. The number of hydrogen-bond acceptors (Lipinski definition) is 8. The highest BCUT2D eigenvalue weighted by Gasteiger charge is 2.62. The number of piperidine rings is 1. The van der Waals surface area contributed by atoms with Gasteiger partial charge in [-0.15, -0.1) is 5.06 Å². The Bertz CT molecular complexity index is 1590. The van der Waals surface area contributed by atoms with Gasteiger partial charge in [0.25, 0.3) is 11.8 Å².